The lowest BCUT2D eigenvalue weighted by Crippen LogP contribution is -2.01. The lowest BCUT2D eigenvalue weighted by molar-refractivity contribution is 0.269. The number of benzene rings is 3. The van der Waals surface area contributed by atoms with Crippen LogP contribution in [0, 0.1) is 17.1 Å². The molecule has 3 aromatic carbocycles. The first kappa shape index (κ1) is 21.9. The van der Waals surface area contributed by atoms with Gasteiger partial charge in [0.05, 0.1) is 18.2 Å². The largest absolute Gasteiger partial charge is 0.490 e. The maximum Gasteiger partial charge on any atom is 0.162 e. The molecule has 0 radical (unpaired) electrons. The van der Waals surface area contributed by atoms with Crippen LogP contribution < -0.4 is 9.47 Å². The lowest BCUT2D eigenvalue weighted by Gasteiger charge is -2.15. The molecule has 0 heterocycles. The first-order chi connectivity index (χ1) is 14.5. The van der Waals surface area contributed by atoms with Gasteiger partial charge < -0.3 is 9.47 Å². The molecule has 0 amide bonds. The summed E-state index contributed by atoms with van der Waals surface area (Å²) in [5.41, 5.74) is 2.64. The number of hydrogen-bond donors (Lipinski definition) is 0. The fourth-order valence-electron chi connectivity index (χ4n) is 2.78. The third-order valence-electron chi connectivity index (χ3n) is 4.28. The molecule has 0 bridgehead atoms. The van der Waals surface area contributed by atoms with Crippen molar-refractivity contribution in [2.45, 2.75) is 13.5 Å². The van der Waals surface area contributed by atoms with Gasteiger partial charge in [-0.15, -0.1) is 0 Å². The Balaban J connectivity index is 1.93. The minimum absolute atomic E-state index is 0.292. The third-order valence-corrected chi connectivity index (χ3v) is 5.33. The molecule has 0 spiro atoms. The van der Waals surface area contributed by atoms with Crippen LogP contribution in [0.2, 0.25) is 5.02 Å². The molecule has 0 fully saturated rings. The number of rotatable bonds is 7. The molecule has 0 atom stereocenters. The second-order valence-corrected chi connectivity index (χ2v) is 7.57. The zero-order chi connectivity index (χ0) is 21.5. The number of halogens is 3. The topological polar surface area (TPSA) is 42.2 Å². The Morgan fingerprint density at radius 1 is 1.10 bits per heavy atom. The van der Waals surface area contributed by atoms with E-state index in [4.69, 9.17) is 21.1 Å². The van der Waals surface area contributed by atoms with Crippen molar-refractivity contribution in [3.63, 3.8) is 0 Å². The van der Waals surface area contributed by atoms with Gasteiger partial charge in [0.2, 0.25) is 0 Å². The van der Waals surface area contributed by atoms with Crippen molar-refractivity contribution in [2.24, 2.45) is 0 Å². The van der Waals surface area contributed by atoms with Gasteiger partial charge in [0, 0.05) is 15.1 Å². The molecule has 152 valence electrons. The van der Waals surface area contributed by atoms with Crippen molar-refractivity contribution in [2.75, 3.05) is 6.61 Å². The molecule has 30 heavy (non-hydrogen) atoms. The Morgan fingerprint density at radius 2 is 1.80 bits per heavy atom. The fourth-order valence-corrected chi connectivity index (χ4v) is 3.41. The van der Waals surface area contributed by atoms with Gasteiger partial charge >= 0.3 is 0 Å². The van der Waals surface area contributed by atoms with E-state index in [0.717, 1.165) is 15.6 Å². The summed E-state index contributed by atoms with van der Waals surface area (Å²) in [5, 5.41) is 10.2. The Kier molecular flexibility index (Phi) is 7.51. The van der Waals surface area contributed by atoms with E-state index in [0.29, 0.717) is 40.9 Å². The van der Waals surface area contributed by atoms with Crippen molar-refractivity contribution in [1.82, 2.24) is 0 Å². The van der Waals surface area contributed by atoms with Crippen LogP contribution in [0.1, 0.15) is 23.6 Å². The molecule has 0 aliphatic rings. The highest BCUT2D eigenvalue weighted by atomic mass is 79.9. The Hall–Kier alpha value is -2.81. The zero-order valence-electron chi connectivity index (χ0n) is 16.2. The van der Waals surface area contributed by atoms with E-state index in [-0.39, 0.29) is 5.82 Å². The van der Waals surface area contributed by atoms with Crippen LogP contribution in [0.15, 0.2) is 65.1 Å². The Labute approximate surface area is 188 Å². The van der Waals surface area contributed by atoms with Crippen LogP contribution in [0.4, 0.5) is 4.39 Å². The van der Waals surface area contributed by atoms with Gasteiger partial charge in [0.25, 0.3) is 0 Å². The van der Waals surface area contributed by atoms with Gasteiger partial charge in [0.1, 0.15) is 12.4 Å². The van der Waals surface area contributed by atoms with Crippen LogP contribution in [-0.4, -0.2) is 6.61 Å². The Morgan fingerprint density at radius 3 is 2.47 bits per heavy atom. The first-order valence-electron chi connectivity index (χ1n) is 9.22. The average Bonchev–Trinajstić information content (AvgIpc) is 2.74. The maximum absolute atomic E-state index is 13.2. The summed E-state index contributed by atoms with van der Waals surface area (Å²) in [6.07, 6.45) is 1.72. The minimum Gasteiger partial charge on any atom is -0.490 e. The van der Waals surface area contributed by atoms with Crippen LogP contribution >= 0.6 is 27.5 Å². The van der Waals surface area contributed by atoms with Crippen LogP contribution in [0.3, 0.4) is 0 Å². The van der Waals surface area contributed by atoms with E-state index in [9.17, 15) is 9.65 Å². The number of nitriles is 1. The molecular weight excluding hydrogens is 469 g/mol. The molecule has 3 nitrogen and oxygen atoms in total. The standard InChI is InChI=1S/C24H18BrClFNO2/c1-2-29-23-12-18(11-19(14-28)16-7-9-20(27)10-8-16)21(25)13-24(23)30-15-17-5-3-4-6-22(17)26/h3-13H,2,15H2,1H3/b19-11+. The van der Waals surface area contributed by atoms with Crippen molar-refractivity contribution in [3.8, 4) is 17.6 Å². The van der Waals surface area contributed by atoms with Crippen molar-refractivity contribution < 1.29 is 13.9 Å². The number of allylic oxidation sites excluding steroid dienone is 1. The molecule has 0 aliphatic heterocycles. The highest BCUT2D eigenvalue weighted by Gasteiger charge is 2.12. The highest BCUT2D eigenvalue weighted by molar-refractivity contribution is 9.10. The summed E-state index contributed by atoms with van der Waals surface area (Å²) < 4.78 is 25.6. The first-order valence-corrected chi connectivity index (χ1v) is 10.4. The molecule has 0 N–H and O–H groups in total. The van der Waals surface area contributed by atoms with Crippen molar-refractivity contribution in [3.05, 3.63) is 92.7 Å². The van der Waals surface area contributed by atoms with E-state index in [1.807, 2.05) is 31.2 Å². The molecule has 0 aromatic heterocycles. The molecular formula is C24H18BrClFNO2. The quantitative estimate of drug-likeness (QED) is 0.260. The predicted molar refractivity (Wildman–Crippen MR) is 121 cm³/mol. The second kappa shape index (κ2) is 10.3. The summed E-state index contributed by atoms with van der Waals surface area (Å²) in [5.74, 6) is 0.757. The SMILES string of the molecule is CCOc1cc(/C=C(\C#N)c2ccc(F)cc2)c(Br)cc1OCc1ccccc1Cl. The summed E-state index contributed by atoms with van der Waals surface area (Å²) in [7, 11) is 0. The summed E-state index contributed by atoms with van der Waals surface area (Å²) in [6, 6.07) is 19.0. The summed E-state index contributed by atoms with van der Waals surface area (Å²) in [6.45, 7) is 2.63. The van der Waals surface area contributed by atoms with Crippen molar-refractivity contribution >= 4 is 39.2 Å². The third kappa shape index (κ3) is 5.41. The molecule has 0 aliphatic carbocycles. The number of ether oxygens (including phenoxy) is 2. The smallest absolute Gasteiger partial charge is 0.162 e. The molecule has 6 heteroatoms. The van der Waals surface area contributed by atoms with E-state index in [1.165, 1.54) is 12.1 Å². The van der Waals surface area contributed by atoms with Crippen molar-refractivity contribution in [1.29, 1.82) is 5.26 Å². The predicted octanol–water partition coefficient (Wildman–Crippen LogP) is 7.28. The fraction of sp³-hybridized carbons (Fsp3) is 0.125. The van der Waals surface area contributed by atoms with Crippen LogP contribution in [-0.2, 0) is 6.61 Å². The zero-order valence-corrected chi connectivity index (χ0v) is 18.5. The van der Waals surface area contributed by atoms with Gasteiger partial charge in [-0.2, -0.15) is 5.26 Å². The molecule has 0 saturated heterocycles. The van der Waals surface area contributed by atoms with E-state index in [1.54, 1.807) is 30.3 Å². The van der Waals surface area contributed by atoms with Gasteiger partial charge in [-0.25, -0.2) is 4.39 Å². The van der Waals surface area contributed by atoms with Gasteiger partial charge in [0.15, 0.2) is 11.5 Å². The monoisotopic (exact) mass is 485 g/mol. The second-order valence-electron chi connectivity index (χ2n) is 6.31. The molecule has 3 aromatic rings. The van der Waals surface area contributed by atoms with Gasteiger partial charge in [-0.1, -0.05) is 57.9 Å². The minimum atomic E-state index is -0.351. The van der Waals surface area contributed by atoms with Crippen LogP contribution in [0.5, 0.6) is 11.5 Å². The molecule has 3 rings (SSSR count). The molecule has 0 saturated carbocycles. The Bertz CT molecular complexity index is 1110. The van der Waals surface area contributed by atoms with Gasteiger partial charge in [-0.05, 0) is 54.5 Å². The number of nitrogens with zero attached hydrogens (tertiary/aromatic N) is 1. The van der Waals surface area contributed by atoms with Gasteiger partial charge in [-0.3, -0.25) is 0 Å². The average molecular weight is 487 g/mol. The number of hydrogen-bond acceptors (Lipinski definition) is 3. The van der Waals surface area contributed by atoms with E-state index < -0.39 is 0 Å². The molecule has 0 unspecified atom stereocenters. The van der Waals surface area contributed by atoms with E-state index >= 15 is 0 Å². The highest BCUT2D eigenvalue weighted by Crippen LogP contribution is 2.36. The van der Waals surface area contributed by atoms with E-state index in [2.05, 4.69) is 22.0 Å². The van der Waals surface area contributed by atoms with Crippen LogP contribution in [0.25, 0.3) is 11.6 Å². The summed E-state index contributed by atoms with van der Waals surface area (Å²) in [4.78, 5) is 0. The lowest BCUT2D eigenvalue weighted by atomic mass is 10.0. The maximum atomic E-state index is 13.2. The normalized spacial score (nSPS) is 11.1. The summed E-state index contributed by atoms with van der Waals surface area (Å²) >= 11 is 9.75.